The van der Waals surface area contributed by atoms with E-state index in [9.17, 15) is 4.79 Å². The topological polar surface area (TPSA) is 64.5 Å². The second-order valence-corrected chi connectivity index (χ2v) is 6.40. The van der Waals surface area contributed by atoms with Crippen molar-refractivity contribution in [2.45, 2.75) is 25.9 Å². The van der Waals surface area contributed by atoms with Gasteiger partial charge in [-0.2, -0.15) is 5.10 Å². The Morgan fingerprint density at radius 3 is 2.60 bits per heavy atom. The van der Waals surface area contributed by atoms with Gasteiger partial charge in [0, 0.05) is 37.0 Å². The molecule has 1 saturated heterocycles. The highest BCUT2D eigenvalue weighted by molar-refractivity contribution is 6.31. The van der Waals surface area contributed by atoms with Crippen molar-refractivity contribution in [3.63, 3.8) is 0 Å². The van der Waals surface area contributed by atoms with E-state index in [2.05, 4.69) is 10.2 Å². The van der Waals surface area contributed by atoms with Crippen molar-refractivity contribution in [3.8, 4) is 11.6 Å². The van der Waals surface area contributed by atoms with Crippen LogP contribution in [0.4, 0.5) is 0 Å². The highest BCUT2D eigenvalue weighted by Gasteiger charge is 2.26. The molecule has 1 fully saturated rings. The summed E-state index contributed by atoms with van der Waals surface area (Å²) in [4.78, 5) is 14.6. The van der Waals surface area contributed by atoms with Gasteiger partial charge in [0.15, 0.2) is 0 Å². The van der Waals surface area contributed by atoms with Gasteiger partial charge in [0.1, 0.15) is 11.9 Å². The zero-order valence-electron chi connectivity index (χ0n) is 14.2. The van der Waals surface area contributed by atoms with Crippen molar-refractivity contribution in [2.75, 3.05) is 20.2 Å². The number of amides is 1. The Hall–Kier alpha value is -2.34. The van der Waals surface area contributed by atoms with Crippen LogP contribution in [0.5, 0.6) is 11.6 Å². The van der Waals surface area contributed by atoms with E-state index >= 15 is 0 Å². The van der Waals surface area contributed by atoms with E-state index in [1.165, 1.54) is 0 Å². The van der Waals surface area contributed by atoms with Gasteiger partial charge >= 0.3 is 0 Å². The first-order valence-corrected chi connectivity index (χ1v) is 8.54. The summed E-state index contributed by atoms with van der Waals surface area (Å²) in [7, 11) is 1.54. The van der Waals surface area contributed by atoms with Crippen LogP contribution in [-0.2, 0) is 0 Å². The minimum absolute atomic E-state index is 0.0299. The maximum Gasteiger partial charge on any atom is 0.257 e. The lowest BCUT2D eigenvalue weighted by atomic mass is 10.1. The van der Waals surface area contributed by atoms with Gasteiger partial charge in [0.2, 0.25) is 5.88 Å². The Labute approximate surface area is 151 Å². The molecule has 2 heterocycles. The molecule has 132 valence electrons. The summed E-state index contributed by atoms with van der Waals surface area (Å²) in [5.41, 5.74) is 1.34. The molecule has 3 rings (SSSR count). The molecule has 0 spiro atoms. The van der Waals surface area contributed by atoms with Crippen molar-refractivity contribution < 1.29 is 14.3 Å². The maximum absolute atomic E-state index is 12.8. The summed E-state index contributed by atoms with van der Waals surface area (Å²) in [6.07, 6.45) is 1.51. The van der Waals surface area contributed by atoms with Crippen LogP contribution in [0.1, 0.15) is 28.9 Å². The Kier molecular flexibility index (Phi) is 5.38. The molecule has 1 aromatic heterocycles. The standard InChI is InChI=1S/C18H20ClN3O3/c1-12-3-6-17(21-20-12)25-14-7-9-22(10-8-14)18(23)15-11-13(19)4-5-16(15)24-2/h3-6,11,14H,7-10H2,1-2H3. The van der Waals surface area contributed by atoms with Crippen LogP contribution >= 0.6 is 11.6 Å². The normalized spacial score (nSPS) is 15.1. The lowest BCUT2D eigenvalue weighted by molar-refractivity contribution is 0.0583. The Morgan fingerprint density at radius 1 is 1.20 bits per heavy atom. The van der Waals surface area contributed by atoms with Crippen molar-refractivity contribution in [2.24, 2.45) is 0 Å². The minimum atomic E-state index is -0.0760. The predicted molar refractivity (Wildman–Crippen MR) is 94.3 cm³/mol. The third-order valence-corrected chi connectivity index (χ3v) is 4.42. The molecule has 6 nitrogen and oxygen atoms in total. The quantitative estimate of drug-likeness (QED) is 0.837. The molecule has 7 heteroatoms. The van der Waals surface area contributed by atoms with Crippen LogP contribution in [0.25, 0.3) is 0 Å². The average molecular weight is 362 g/mol. The number of hydrogen-bond acceptors (Lipinski definition) is 5. The van der Waals surface area contributed by atoms with Crippen LogP contribution in [0.2, 0.25) is 5.02 Å². The number of piperidine rings is 1. The van der Waals surface area contributed by atoms with Gasteiger partial charge in [-0.25, -0.2) is 0 Å². The maximum atomic E-state index is 12.8. The van der Waals surface area contributed by atoms with Gasteiger partial charge in [0.05, 0.1) is 18.4 Å². The van der Waals surface area contributed by atoms with Crippen LogP contribution in [0, 0.1) is 6.92 Å². The summed E-state index contributed by atoms with van der Waals surface area (Å²) in [5, 5.41) is 8.53. The number of hydrogen-bond donors (Lipinski definition) is 0. The van der Waals surface area contributed by atoms with Crippen LogP contribution in [0.3, 0.4) is 0 Å². The monoisotopic (exact) mass is 361 g/mol. The van der Waals surface area contributed by atoms with E-state index in [4.69, 9.17) is 21.1 Å². The highest BCUT2D eigenvalue weighted by atomic mass is 35.5. The van der Waals surface area contributed by atoms with Crippen molar-refractivity contribution in [1.82, 2.24) is 15.1 Å². The van der Waals surface area contributed by atoms with E-state index in [0.717, 1.165) is 18.5 Å². The highest BCUT2D eigenvalue weighted by Crippen LogP contribution is 2.26. The van der Waals surface area contributed by atoms with Crippen molar-refractivity contribution in [3.05, 3.63) is 46.6 Å². The fourth-order valence-electron chi connectivity index (χ4n) is 2.81. The number of nitrogens with zero attached hydrogens (tertiary/aromatic N) is 3. The van der Waals surface area contributed by atoms with Gasteiger partial charge in [-0.3, -0.25) is 4.79 Å². The number of carbonyl (C=O) groups excluding carboxylic acids is 1. The lowest BCUT2D eigenvalue weighted by Crippen LogP contribution is -2.42. The second kappa shape index (κ2) is 7.70. The molecule has 0 saturated carbocycles. The predicted octanol–water partition coefficient (Wildman–Crippen LogP) is 3.13. The first kappa shape index (κ1) is 17.5. The van der Waals surface area contributed by atoms with E-state index in [1.54, 1.807) is 30.2 Å². The van der Waals surface area contributed by atoms with Crippen molar-refractivity contribution >= 4 is 17.5 Å². The summed E-state index contributed by atoms with van der Waals surface area (Å²) in [6, 6.07) is 8.75. The molecule has 0 bridgehead atoms. The molecule has 0 radical (unpaired) electrons. The molecule has 1 aliphatic heterocycles. The molecule has 0 N–H and O–H groups in total. The fraction of sp³-hybridized carbons (Fsp3) is 0.389. The average Bonchev–Trinajstić information content (AvgIpc) is 2.63. The second-order valence-electron chi connectivity index (χ2n) is 5.97. The first-order valence-electron chi connectivity index (χ1n) is 8.16. The Balaban J connectivity index is 1.61. The van der Waals surface area contributed by atoms with Crippen LogP contribution in [0.15, 0.2) is 30.3 Å². The van der Waals surface area contributed by atoms with E-state index < -0.39 is 0 Å². The van der Waals surface area contributed by atoms with Gasteiger partial charge in [0.25, 0.3) is 5.91 Å². The number of aromatic nitrogens is 2. The molecule has 1 aliphatic rings. The smallest absolute Gasteiger partial charge is 0.257 e. The van der Waals surface area contributed by atoms with Gasteiger partial charge < -0.3 is 14.4 Å². The Morgan fingerprint density at radius 2 is 1.96 bits per heavy atom. The largest absolute Gasteiger partial charge is 0.496 e. The van der Waals surface area contributed by atoms with Crippen molar-refractivity contribution in [1.29, 1.82) is 0 Å². The lowest BCUT2D eigenvalue weighted by Gasteiger charge is -2.32. The molecule has 2 aromatic rings. The van der Waals surface area contributed by atoms with E-state index in [1.807, 2.05) is 19.1 Å². The molecule has 1 amide bonds. The number of likely N-dealkylation sites (tertiary alicyclic amines) is 1. The summed E-state index contributed by atoms with van der Waals surface area (Å²) < 4.78 is 11.1. The molecule has 0 unspecified atom stereocenters. The van der Waals surface area contributed by atoms with E-state index in [-0.39, 0.29) is 12.0 Å². The molecule has 1 aromatic carbocycles. The number of benzene rings is 1. The molecule has 25 heavy (non-hydrogen) atoms. The van der Waals surface area contributed by atoms with Gasteiger partial charge in [-0.05, 0) is 31.2 Å². The number of aryl methyl sites for hydroxylation is 1. The minimum Gasteiger partial charge on any atom is -0.496 e. The van der Waals surface area contributed by atoms with Gasteiger partial charge in [-0.1, -0.05) is 11.6 Å². The third kappa shape index (κ3) is 4.20. The molecular weight excluding hydrogens is 342 g/mol. The van der Waals surface area contributed by atoms with Crippen LogP contribution < -0.4 is 9.47 Å². The zero-order valence-corrected chi connectivity index (χ0v) is 15.0. The summed E-state index contributed by atoms with van der Waals surface area (Å²) >= 11 is 6.02. The SMILES string of the molecule is COc1ccc(Cl)cc1C(=O)N1CCC(Oc2ccc(C)nn2)CC1. The summed E-state index contributed by atoms with van der Waals surface area (Å²) in [5.74, 6) is 0.975. The van der Waals surface area contributed by atoms with Gasteiger partial charge in [-0.15, -0.1) is 5.10 Å². The van der Waals surface area contributed by atoms with E-state index in [0.29, 0.717) is 35.3 Å². The number of methoxy groups -OCH3 is 1. The summed E-state index contributed by atoms with van der Waals surface area (Å²) in [6.45, 7) is 3.10. The fourth-order valence-corrected chi connectivity index (χ4v) is 2.99. The third-order valence-electron chi connectivity index (χ3n) is 4.18. The first-order chi connectivity index (χ1) is 12.1. The number of carbonyl (C=O) groups is 1. The number of halogens is 1. The zero-order chi connectivity index (χ0) is 17.8. The number of ether oxygens (including phenoxy) is 2. The Bertz CT molecular complexity index is 744. The van der Waals surface area contributed by atoms with Crippen LogP contribution in [-0.4, -0.2) is 47.3 Å². The molecule has 0 atom stereocenters. The number of rotatable bonds is 4. The molecular formula is C18H20ClN3O3. The molecule has 0 aliphatic carbocycles.